The van der Waals surface area contributed by atoms with Crippen molar-refractivity contribution in [1.29, 1.82) is 0 Å². The average Bonchev–Trinajstić information content (AvgIpc) is 2.29. The predicted octanol–water partition coefficient (Wildman–Crippen LogP) is 2.72. The fraction of sp³-hybridized carbons (Fsp3) is 0.857. The normalized spacial score (nSPS) is 24.9. The highest BCUT2D eigenvalue weighted by molar-refractivity contribution is 5.78. The van der Waals surface area contributed by atoms with Crippen LogP contribution in [0.1, 0.15) is 64.7 Å². The van der Waals surface area contributed by atoms with E-state index < -0.39 is 11.9 Å². The standard InChI is InChI=1S/C14H25NO3/c1-2-3-10-13(16)15-12-9-7-5-4-6-8-11(12)14(17)18/h11-12H,2-10H2,1H3,(H,15,16)(H,17,18). The minimum Gasteiger partial charge on any atom is -0.481 e. The van der Waals surface area contributed by atoms with E-state index in [-0.39, 0.29) is 11.9 Å². The summed E-state index contributed by atoms with van der Waals surface area (Å²) in [5, 5.41) is 12.2. The van der Waals surface area contributed by atoms with Gasteiger partial charge in [0.2, 0.25) is 5.91 Å². The van der Waals surface area contributed by atoms with Crippen molar-refractivity contribution in [2.75, 3.05) is 0 Å². The van der Waals surface area contributed by atoms with Crippen molar-refractivity contribution in [2.45, 2.75) is 70.8 Å². The van der Waals surface area contributed by atoms with E-state index in [0.717, 1.165) is 44.9 Å². The van der Waals surface area contributed by atoms with Gasteiger partial charge in [-0.2, -0.15) is 0 Å². The number of unbranched alkanes of at least 4 members (excludes halogenated alkanes) is 1. The molecule has 4 nitrogen and oxygen atoms in total. The van der Waals surface area contributed by atoms with Crippen LogP contribution >= 0.6 is 0 Å². The summed E-state index contributed by atoms with van der Waals surface area (Å²) in [5.41, 5.74) is 0. The number of amides is 1. The van der Waals surface area contributed by atoms with Crippen molar-refractivity contribution in [3.63, 3.8) is 0 Å². The Hall–Kier alpha value is -1.06. The molecule has 1 aliphatic carbocycles. The van der Waals surface area contributed by atoms with Crippen molar-refractivity contribution in [1.82, 2.24) is 5.32 Å². The van der Waals surface area contributed by atoms with Gasteiger partial charge in [0.1, 0.15) is 0 Å². The fourth-order valence-electron chi connectivity index (χ4n) is 2.57. The van der Waals surface area contributed by atoms with Gasteiger partial charge in [0.15, 0.2) is 0 Å². The molecule has 2 N–H and O–H groups in total. The molecule has 1 rings (SSSR count). The maximum atomic E-state index is 11.7. The van der Waals surface area contributed by atoms with E-state index in [1.807, 2.05) is 6.92 Å². The molecule has 1 aliphatic rings. The summed E-state index contributed by atoms with van der Waals surface area (Å²) in [5.74, 6) is -1.16. The highest BCUT2D eigenvalue weighted by atomic mass is 16.4. The van der Waals surface area contributed by atoms with E-state index in [1.165, 1.54) is 0 Å². The van der Waals surface area contributed by atoms with Gasteiger partial charge >= 0.3 is 5.97 Å². The van der Waals surface area contributed by atoms with Gasteiger partial charge in [-0.15, -0.1) is 0 Å². The average molecular weight is 255 g/mol. The van der Waals surface area contributed by atoms with Crippen LogP contribution in [0.5, 0.6) is 0 Å². The first-order chi connectivity index (χ1) is 8.65. The van der Waals surface area contributed by atoms with E-state index >= 15 is 0 Å². The number of aliphatic carboxylic acids is 1. The van der Waals surface area contributed by atoms with Crippen molar-refractivity contribution in [3.05, 3.63) is 0 Å². The topological polar surface area (TPSA) is 66.4 Å². The minimum atomic E-state index is -0.766. The molecule has 0 bridgehead atoms. The second kappa shape index (κ2) is 8.11. The van der Waals surface area contributed by atoms with E-state index in [9.17, 15) is 14.7 Å². The number of hydrogen-bond donors (Lipinski definition) is 2. The predicted molar refractivity (Wildman–Crippen MR) is 70.3 cm³/mol. The molecule has 4 heteroatoms. The molecular weight excluding hydrogens is 230 g/mol. The maximum absolute atomic E-state index is 11.7. The lowest BCUT2D eigenvalue weighted by atomic mass is 9.86. The molecule has 1 fully saturated rings. The summed E-state index contributed by atoms with van der Waals surface area (Å²) >= 11 is 0. The van der Waals surface area contributed by atoms with Gasteiger partial charge in [-0.1, -0.05) is 39.0 Å². The molecular formula is C14H25NO3. The molecule has 18 heavy (non-hydrogen) atoms. The number of nitrogens with one attached hydrogen (secondary N) is 1. The lowest BCUT2D eigenvalue weighted by Gasteiger charge is -2.27. The van der Waals surface area contributed by atoms with Crippen LogP contribution in [-0.4, -0.2) is 23.0 Å². The Bertz CT molecular complexity index is 278. The molecule has 2 atom stereocenters. The molecule has 0 radical (unpaired) electrons. The number of rotatable bonds is 5. The number of carbonyl (C=O) groups is 2. The van der Waals surface area contributed by atoms with Crippen LogP contribution in [0, 0.1) is 5.92 Å². The molecule has 1 saturated carbocycles. The molecule has 0 saturated heterocycles. The summed E-state index contributed by atoms with van der Waals surface area (Å²) in [4.78, 5) is 23.0. The first-order valence-corrected chi connectivity index (χ1v) is 7.17. The van der Waals surface area contributed by atoms with Crippen LogP contribution in [0.2, 0.25) is 0 Å². The minimum absolute atomic E-state index is 0.00803. The summed E-state index contributed by atoms with van der Waals surface area (Å²) < 4.78 is 0. The lowest BCUT2D eigenvalue weighted by molar-refractivity contribution is -0.143. The van der Waals surface area contributed by atoms with Gasteiger partial charge in [0.25, 0.3) is 0 Å². The Balaban J connectivity index is 2.54. The van der Waals surface area contributed by atoms with Gasteiger partial charge in [0, 0.05) is 12.5 Å². The molecule has 0 aromatic carbocycles. The molecule has 0 aliphatic heterocycles. The lowest BCUT2D eigenvalue weighted by Crippen LogP contribution is -2.43. The first kappa shape index (κ1) is 15.0. The van der Waals surface area contributed by atoms with Gasteiger partial charge < -0.3 is 10.4 Å². The Morgan fingerprint density at radius 2 is 1.83 bits per heavy atom. The van der Waals surface area contributed by atoms with Gasteiger partial charge in [-0.05, 0) is 19.3 Å². The molecule has 0 heterocycles. The number of carbonyl (C=O) groups excluding carboxylic acids is 1. The third-order valence-corrected chi connectivity index (χ3v) is 3.69. The van der Waals surface area contributed by atoms with E-state index in [4.69, 9.17) is 0 Å². The zero-order valence-electron chi connectivity index (χ0n) is 11.3. The van der Waals surface area contributed by atoms with Crippen LogP contribution < -0.4 is 5.32 Å². The smallest absolute Gasteiger partial charge is 0.308 e. The largest absolute Gasteiger partial charge is 0.481 e. The van der Waals surface area contributed by atoms with E-state index in [1.54, 1.807) is 0 Å². The van der Waals surface area contributed by atoms with Crippen LogP contribution in [0.25, 0.3) is 0 Å². The second-order valence-electron chi connectivity index (χ2n) is 5.21. The third kappa shape index (κ3) is 5.07. The Kier molecular flexibility index (Phi) is 6.76. The first-order valence-electron chi connectivity index (χ1n) is 7.17. The molecule has 1 amide bonds. The van der Waals surface area contributed by atoms with Crippen LogP contribution in [0.4, 0.5) is 0 Å². The number of carboxylic acids is 1. The zero-order valence-corrected chi connectivity index (χ0v) is 11.3. The zero-order chi connectivity index (χ0) is 13.4. The Morgan fingerprint density at radius 3 is 2.44 bits per heavy atom. The number of hydrogen-bond acceptors (Lipinski definition) is 2. The van der Waals surface area contributed by atoms with E-state index in [2.05, 4.69) is 5.32 Å². The monoisotopic (exact) mass is 255 g/mol. The van der Waals surface area contributed by atoms with Crippen molar-refractivity contribution >= 4 is 11.9 Å². The Labute approximate surface area is 109 Å². The fourth-order valence-corrected chi connectivity index (χ4v) is 2.57. The highest BCUT2D eigenvalue weighted by Gasteiger charge is 2.29. The molecule has 0 aromatic heterocycles. The summed E-state index contributed by atoms with van der Waals surface area (Å²) in [6, 6.07) is -0.174. The summed E-state index contributed by atoms with van der Waals surface area (Å²) in [6.07, 6.45) is 8.09. The van der Waals surface area contributed by atoms with Gasteiger partial charge in [-0.25, -0.2) is 0 Å². The number of carboxylic acid groups (broad SMARTS) is 1. The maximum Gasteiger partial charge on any atom is 0.308 e. The van der Waals surface area contributed by atoms with Crippen molar-refractivity contribution in [3.8, 4) is 0 Å². The molecule has 0 spiro atoms. The molecule has 0 aromatic rings. The Morgan fingerprint density at radius 1 is 1.17 bits per heavy atom. The third-order valence-electron chi connectivity index (χ3n) is 3.69. The van der Waals surface area contributed by atoms with Crippen LogP contribution in [-0.2, 0) is 9.59 Å². The van der Waals surface area contributed by atoms with Gasteiger partial charge in [-0.3, -0.25) is 9.59 Å². The van der Waals surface area contributed by atoms with Crippen molar-refractivity contribution in [2.24, 2.45) is 5.92 Å². The summed E-state index contributed by atoms with van der Waals surface area (Å²) in [7, 11) is 0. The molecule has 104 valence electrons. The van der Waals surface area contributed by atoms with Crippen LogP contribution in [0.15, 0.2) is 0 Å². The van der Waals surface area contributed by atoms with Crippen molar-refractivity contribution < 1.29 is 14.7 Å². The van der Waals surface area contributed by atoms with E-state index in [0.29, 0.717) is 12.8 Å². The molecule has 2 unspecified atom stereocenters. The van der Waals surface area contributed by atoms with Crippen LogP contribution in [0.3, 0.4) is 0 Å². The second-order valence-corrected chi connectivity index (χ2v) is 5.21. The summed E-state index contributed by atoms with van der Waals surface area (Å²) in [6.45, 7) is 2.04. The SMILES string of the molecule is CCCCC(=O)NC1CCCCCCC1C(=O)O. The van der Waals surface area contributed by atoms with Gasteiger partial charge in [0.05, 0.1) is 5.92 Å². The quantitative estimate of drug-likeness (QED) is 0.793. The highest BCUT2D eigenvalue weighted by Crippen LogP contribution is 2.23.